The van der Waals surface area contributed by atoms with E-state index in [9.17, 15) is 29.4 Å². The molecule has 168 valence electrons. The molecule has 0 atom stereocenters. The smallest absolute Gasteiger partial charge is 0.277 e. The van der Waals surface area contributed by atoms with Gasteiger partial charge in [0.2, 0.25) is 0 Å². The Balaban J connectivity index is 0.000000333. The maximum absolute atomic E-state index is 12.4. The van der Waals surface area contributed by atoms with E-state index in [-0.39, 0.29) is 18.0 Å². The molecule has 1 heterocycles. The second kappa shape index (κ2) is 13.0. The Hall–Kier alpha value is -3.40. The molecule has 3 rings (SSSR count). The fourth-order valence-electron chi connectivity index (χ4n) is 2.66. The molecule has 1 N–H and O–H groups in total. The summed E-state index contributed by atoms with van der Waals surface area (Å²) in [6, 6.07) is 9.16. The molecule has 0 spiro atoms. The summed E-state index contributed by atoms with van der Waals surface area (Å²) >= 11 is 0. The number of non-ortho nitro benzene ring substituents is 2. The van der Waals surface area contributed by atoms with Crippen LogP contribution in [0.15, 0.2) is 42.5 Å². The predicted octanol–water partition coefficient (Wildman–Crippen LogP) is 4.47. The van der Waals surface area contributed by atoms with Gasteiger partial charge in [0.15, 0.2) is 0 Å². The number of nitrogens with zero attached hydrogens (tertiary/aromatic N) is 3. The van der Waals surface area contributed by atoms with Crippen LogP contribution < -0.4 is 0 Å². The molecule has 2 aromatic carbocycles. The highest BCUT2D eigenvalue weighted by atomic mass is 19.1. The molecule has 1 fully saturated rings. The van der Waals surface area contributed by atoms with Crippen molar-refractivity contribution < 1.29 is 24.1 Å². The van der Waals surface area contributed by atoms with Crippen molar-refractivity contribution >= 4 is 17.3 Å². The number of carbonyl (C=O) groups is 1. The monoisotopic (exact) mass is 435 g/mol. The second-order valence-corrected chi connectivity index (χ2v) is 6.71. The summed E-state index contributed by atoms with van der Waals surface area (Å²) in [6.45, 7) is 5.18. The zero-order valence-corrected chi connectivity index (χ0v) is 17.5. The number of nitro benzene ring substituents is 2. The lowest BCUT2D eigenvalue weighted by atomic mass is 10.1. The minimum absolute atomic E-state index is 0.0113. The summed E-state index contributed by atoms with van der Waals surface area (Å²) in [6.07, 6.45) is 3.01. The summed E-state index contributed by atoms with van der Waals surface area (Å²) in [5, 5.41) is 29.9. The Morgan fingerprint density at radius 3 is 1.90 bits per heavy atom. The number of hydrogen-bond acceptors (Lipinski definition) is 6. The van der Waals surface area contributed by atoms with Gasteiger partial charge in [0.05, 0.1) is 28.1 Å². The number of benzene rings is 2. The van der Waals surface area contributed by atoms with Gasteiger partial charge in [-0.1, -0.05) is 38.5 Å². The molecule has 9 nitrogen and oxygen atoms in total. The molecule has 0 bridgehead atoms. The Kier molecular flexibility index (Phi) is 10.8. The first-order chi connectivity index (χ1) is 14.7. The third-order valence-corrected chi connectivity index (χ3v) is 4.09. The number of aliphatic hydroxyl groups is 1. The molecule has 0 saturated carbocycles. The molecule has 1 saturated heterocycles. The van der Waals surface area contributed by atoms with Gasteiger partial charge in [-0.3, -0.25) is 25.0 Å². The molecular formula is C21H26FN3O6. The third-order valence-electron chi connectivity index (χ3n) is 4.09. The number of halogens is 1. The van der Waals surface area contributed by atoms with Crippen LogP contribution in [0.4, 0.5) is 15.8 Å². The van der Waals surface area contributed by atoms with Gasteiger partial charge in [0, 0.05) is 30.8 Å². The summed E-state index contributed by atoms with van der Waals surface area (Å²) in [4.78, 5) is 33.6. The van der Waals surface area contributed by atoms with Crippen molar-refractivity contribution in [3.8, 4) is 0 Å². The zero-order valence-electron chi connectivity index (χ0n) is 17.5. The molecule has 0 aromatic heterocycles. The van der Waals surface area contributed by atoms with Crippen LogP contribution in [0.2, 0.25) is 0 Å². The van der Waals surface area contributed by atoms with E-state index in [1.165, 1.54) is 12.5 Å². The minimum Gasteiger partial charge on any atom is -0.392 e. The molecule has 1 amide bonds. The van der Waals surface area contributed by atoms with E-state index in [2.05, 4.69) is 13.8 Å². The first kappa shape index (κ1) is 25.6. The average molecular weight is 435 g/mol. The van der Waals surface area contributed by atoms with Crippen molar-refractivity contribution in [1.29, 1.82) is 0 Å². The number of rotatable bonds is 4. The van der Waals surface area contributed by atoms with Gasteiger partial charge in [-0.05, 0) is 18.9 Å². The summed E-state index contributed by atoms with van der Waals surface area (Å²) < 4.78 is 12.4. The van der Waals surface area contributed by atoms with Crippen LogP contribution in [-0.4, -0.2) is 38.8 Å². The molecule has 1 aliphatic heterocycles. The van der Waals surface area contributed by atoms with Crippen LogP contribution in [0, 0.1) is 26.0 Å². The van der Waals surface area contributed by atoms with E-state index >= 15 is 0 Å². The highest BCUT2D eigenvalue weighted by Crippen LogP contribution is 2.24. The van der Waals surface area contributed by atoms with E-state index in [1.54, 1.807) is 23.1 Å². The van der Waals surface area contributed by atoms with E-state index in [0.717, 1.165) is 31.0 Å². The molecule has 0 aliphatic carbocycles. The fourth-order valence-corrected chi connectivity index (χ4v) is 2.66. The van der Waals surface area contributed by atoms with Crippen LogP contribution in [0.25, 0.3) is 0 Å². The molecule has 10 heteroatoms. The second-order valence-electron chi connectivity index (χ2n) is 6.71. The van der Waals surface area contributed by atoms with Crippen molar-refractivity contribution in [3.05, 3.63) is 79.6 Å². The number of carbonyl (C=O) groups excluding carboxylic acids is 1. The highest BCUT2D eigenvalue weighted by Gasteiger charge is 2.24. The van der Waals surface area contributed by atoms with Gasteiger partial charge in [-0.2, -0.15) is 0 Å². The van der Waals surface area contributed by atoms with Crippen LogP contribution in [0.3, 0.4) is 0 Å². The van der Waals surface area contributed by atoms with Crippen molar-refractivity contribution in [3.63, 3.8) is 0 Å². The average Bonchev–Trinajstić information content (AvgIpc) is 3.29. The summed E-state index contributed by atoms with van der Waals surface area (Å²) in [5.41, 5.74) is -0.561. The van der Waals surface area contributed by atoms with Crippen molar-refractivity contribution in [2.45, 2.75) is 39.7 Å². The van der Waals surface area contributed by atoms with Gasteiger partial charge >= 0.3 is 0 Å². The number of nitro groups is 2. The Labute approximate surface area is 179 Å². The van der Waals surface area contributed by atoms with E-state index < -0.39 is 27.1 Å². The first-order valence-corrected chi connectivity index (χ1v) is 9.82. The Morgan fingerprint density at radius 2 is 1.52 bits per heavy atom. The first-order valence-electron chi connectivity index (χ1n) is 9.82. The number of hydrogen-bond donors (Lipinski definition) is 1. The lowest BCUT2D eigenvalue weighted by Crippen LogP contribution is -2.27. The normalized spacial score (nSPS) is 12.2. The van der Waals surface area contributed by atoms with E-state index in [0.29, 0.717) is 18.7 Å². The standard InChI is InChI=1S/C11H11N3O5.C7H7FO.C3H8/c15-11(12-3-1-2-4-12)8-5-9(13(16)17)7-10(6-8)14(18)19;8-7-4-2-1-3-6(7)5-9;1-3-2/h5-7H,1-4H2;1-4,9H,5H2;3H2,1-2H3. The highest BCUT2D eigenvalue weighted by molar-refractivity contribution is 5.95. The van der Waals surface area contributed by atoms with Crippen molar-refractivity contribution in [1.82, 2.24) is 4.90 Å². The van der Waals surface area contributed by atoms with Gasteiger partial charge in [-0.15, -0.1) is 0 Å². The number of amides is 1. The largest absolute Gasteiger partial charge is 0.392 e. The molecule has 0 unspecified atom stereocenters. The molecule has 31 heavy (non-hydrogen) atoms. The zero-order chi connectivity index (χ0) is 23.4. The van der Waals surface area contributed by atoms with E-state index in [4.69, 9.17) is 5.11 Å². The summed E-state index contributed by atoms with van der Waals surface area (Å²) in [7, 11) is 0. The molecule has 1 aliphatic rings. The van der Waals surface area contributed by atoms with Crippen LogP contribution in [-0.2, 0) is 6.61 Å². The Bertz CT molecular complexity index is 868. The van der Waals surface area contributed by atoms with Gasteiger partial charge in [-0.25, -0.2) is 4.39 Å². The topological polar surface area (TPSA) is 127 Å². The predicted molar refractivity (Wildman–Crippen MR) is 113 cm³/mol. The Morgan fingerprint density at radius 1 is 1.03 bits per heavy atom. The fraction of sp³-hybridized carbons (Fsp3) is 0.381. The van der Waals surface area contributed by atoms with Crippen molar-refractivity contribution in [2.75, 3.05) is 13.1 Å². The number of aliphatic hydroxyl groups excluding tert-OH is 1. The summed E-state index contributed by atoms with van der Waals surface area (Å²) in [5.74, 6) is -0.746. The molecular weight excluding hydrogens is 409 g/mol. The van der Waals surface area contributed by atoms with E-state index in [1.807, 2.05) is 0 Å². The maximum Gasteiger partial charge on any atom is 0.277 e. The maximum atomic E-state index is 12.4. The SMILES string of the molecule is CCC.O=C(c1cc([N+](=O)[O-])cc([N+](=O)[O-])c1)N1CCCC1.OCc1ccccc1F. The lowest BCUT2D eigenvalue weighted by molar-refractivity contribution is -0.394. The van der Waals surface area contributed by atoms with Gasteiger partial charge < -0.3 is 10.0 Å². The van der Waals surface area contributed by atoms with Crippen LogP contribution in [0.5, 0.6) is 0 Å². The van der Waals surface area contributed by atoms with Gasteiger partial charge in [0.25, 0.3) is 17.3 Å². The van der Waals surface area contributed by atoms with Crippen LogP contribution in [0.1, 0.15) is 49.0 Å². The molecule has 0 radical (unpaired) electrons. The van der Waals surface area contributed by atoms with Crippen LogP contribution >= 0.6 is 0 Å². The third kappa shape index (κ3) is 8.09. The van der Waals surface area contributed by atoms with Crippen molar-refractivity contribution in [2.24, 2.45) is 0 Å². The number of likely N-dealkylation sites (tertiary alicyclic amines) is 1. The quantitative estimate of drug-likeness (QED) is 0.557. The molecule has 2 aromatic rings. The van der Waals surface area contributed by atoms with Gasteiger partial charge in [0.1, 0.15) is 5.82 Å². The lowest BCUT2D eigenvalue weighted by Gasteiger charge is -2.14. The minimum atomic E-state index is -0.742.